The molecule has 1 heterocycles. The zero-order valence-corrected chi connectivity index (χ0v) is 18.7. The molecule has 5 rings (SSSR count). The van der Waals surface area contributed by atoms with Gasteiger partial charge < -0.3 is 10.6 Å². The van der Waals surface area contributed by atoms with Gasteiger partial charge in [0.1, 0.15) is 5.41 Å². The van der Waals surface area contributed by atoms with E-state index >= 15 is 0 Å². The number of amides is 1. The van der Waals surface area contributed by atoms with Crippen molar-refractivity contribution in [1.82, 2.24) is 4.90 Å². The molecule has 1 atom stereocenters. The molecule has 2 aliphatic rings. The summed E-state index contributed by atoms with van der Waals surface area (Å²) in [7, 11) is 0. The van der Waals surface area contributed by atoms with Crippen LogP contribution in [0.4, 0.5) is 0 Å². The number of nitrogens with two attached hydrogens (primary N) is 1. The molecule has 3 nitrogen and oxygen atoms in total. The van der Waals surface area contributed by atoms with Crippen LogP contribution in [0.2, 0.25) is 0 Å². The zero-order chi connectivity index (χ0) is 22.0. The Morgan fingerprint density at radius 2 is 1.56 bits per heavy atom. The molecule has 164 valence electrons. The van der Waals surface area contributed by atoms with Gasteiger partial charge in [0.15, 0.2) is 0 Å². The van der Waals surface area contributed by atoms with E-state index in [1.807, 2.05) is 36.4 Å². The van der Waals surface area contributed by atoms with Crippen molar-refractivity contribution in [3.05, 3.63) is 107 Å². The minimum absolute atomic E-state index is 0.157. The molecule has 3 aromatic carbocycles. The van der Waals surface area contributed by atoms with Crippen LogP contribution >= 0.6 is 0 Å². The molecular weight excluding hydrogens is 392 g/mol. The number of nitrogens with zero attached hydrogens (tertiary/aromatic N) is 1. The molecule has 0 bridgehead atoms. The van der Waals surface area contributed by atoms with Gasteiger partial charge in [0, 0.05) is 13.1 Å². The van der Waals surface area contributed by atoms with E-state index < -0.39 is 5.41 Å². The fourth-order valence-electron chi connectivity index (χ4n) is 5.98. The Bertz CT molecular complexity index is 1040. The molecule has 0 saturated carbocycles. The Kier molecular flexibility index (Phi) is 5.84. The van der Waals surface area contributed by atoms with Gasteiger partial charge in [-0.05, 0) is 72.4 Å². The van der Waals surface area contributed by atoms with Crippen LogP contribution in [0.15, 0.2) is 78.9 Å². The van der Waals surface area contributed by atoms with Crippen molar-refractivity contribution in [2.24, 2.45) is 11.7 Å². The Balaban J connectivity index is 1.38. The van der Waals surface area contributed by atoms with Crippen LogP contribution in [0.3, 0.4) is 0 Å². The standard InChI is InChI=1S/C29H32N2O/c30-28(32)29(25-10-3-1-4-11-25,26-12-5-2-6-13-26)27-17-19-31(21-27)18-16-22-14-15-23-8-7-9-24(23)20-22/h1-6,10-15,20,27H,7-9,16-19,21H2,(H2,30,32)/t27-/m0/s1. The number of hydrogen-bond donors (Lipinski definition) is 1. The third-order valence-corrected chi connectivity index (χ3v) is 7.61. The smallest absolute Gasteiger partial charge is 0.232 e. The fraction of sp³-hybridized carbons (Fsp3) is 0.345. The summed E-state index contributed by atoms with van der Waals surface area (Å²) >= 11 is 0. The zero-order valence-electron chi connectivity index (χ0n) is 18.7. The van der Waals surface area contributed by atoms with E-state index in [2.05, 4.69) is 47.4 Å². The van der Waals surface area contributed by atoms with Crippen LogP contribution < -0.4 is 5.73 Å². The summed E-state index contributed by atoms with van der Waals surface area (Å²) in [6.07, 6.45) is 5.78. The van der Waals surface area contributed by atoms with E-state index in [0.29, 0.717) is 0 Å². The number of carbonyl (C=O) groups is 1. The topological polar surface area (TPSA) is 46.3 Å². The number of hydrogen-bond acceptors (Lipinski definition) is 2. The van der Waals surface area contributed by atoms with Crippen molar-refractivity contribution in [3.63, 3.8) is 0 Å². The molecule has 0 spiro atoms. The van der Waals surface area contributed by atoms with Gasteiger partial charge in [-0.3, -0.25) is 4.79 Å². The second-order valence-corrected chi connectivity index (χ2v) is 9.40. The van der Waals surface area contributed by atoms with E-state index in [-0.39, 0.29) is 11.8 Å². The maximum atomic E-state index is 13.2. The highest BCUT2D eigenvalue weighted by atomic mass is 16.1. The van der Waals surface area contributed by atoms with Gasteiger partial charge in [-0.15, -0.1) is 0 Å². The largest absolute Gasteiger partial charge is 0.369 e. The average molecular weight is 425 g/mol. The van der Waals surface area contributed by atoms with Gasteiger partial charge in [0.25, 0.3) is 0 Å². The number of primary amides is 1. The first kappa shape index (κ1) is 21.0. The first-order valence-electron chi connectivity index (χ1n) is 11.9. The normalized spacial score (nSPS) is 18.6. The molecule has 1 aliphatic heterocycles. The predicted molar refractivity (Wildman–Crippen MR) is 130 cm³/mol. The van der Waals surface area contributed by atoms with Crippen molar-refractivity contribution >= 4 is 5.91 Å². The van der Waals surface area contributed by atoms with Gasteiger partial charge in [-0.1, -0.05) is 78.9 Å². The molecule has 1 aliphatic carbocycles. The van der Waals surface area contributed by atoms with Crippen LogP contribution in [-0.4, -0.2) is 30.4 Å². The lowest BCUT2D eigenvalue weighted by Gasteiger charge is -2.37. The van der Waals surface area contributed by atoms with Crippen LogP contribution in [0.25, 0.3) is 0 Å². The van der Waals surface area contributed by atoms with Gasteiger partial charge in [-0.2, -0.15) is 0 Å². The molecule has 3 heteroatoms. The number of fused-ring (bicyclic) bond motifs is 1. The summed E-state index contributed by atoms with van der Waals surface area (Å²) in [5.74, 6) is -0.0924. The quantitative estimate of drug-likeness (QED) is 0.607. The summed E-state index contributed by atoms with van der Waals surface area (Å²) in [6, 6.07) is 27.3. The summed E-state index contributed by atoms with van der Waals surface area (Å²) in [6.45, 7) is 2.91. The highest BCUT2D eigenvalue weighted by molar-refractivity contribution is 5.91. The van der Waals surface area contributed by atoms with Crippen LogP contribution in [0.5, 0.6) is 0 Å². The first-order chi connectivity index (χ1) is 15.7. The molecular formula is C29H32N2O. The Morgan fingerprint density at radius 1 is 0.906 bits per heavy atom. The van der Waals surface area contributed by atoms with Crippen LogP contribution in [0.1, 0.15) is 40.7 Å². The van der Waals surface area contributed by atoms with Crippen molar-refractivity contribution in [3.8, 4) is 0 Å². The number of rotatable bonds is 7. The van der Waals surface area contributed by atoms with E-state index in [4.69, 9.17) is 5.73 Å². The minimum Gasteiger partial charge on any atom is -0.369 e. The van der Waals surface area contributed by atoms with E-state index in [1.54, 1.807) is 5.56 Å². The van der Waals surface area contributed by atoms with Crippen molar-refractivity contribution in [2.45, 2.75) is 37.5 Å². The second-order valence-electron chi connectivity index (χ2n) is 9.40. The second kappa shape index (κ2) is 8.91. The molecule has 0 unspecified atom stereocenters. The lowest BCUT2D eigenvalue weighted by Crippen LogP contribution is -2.49. The van der Waals surface area contributed by atoms with E-state index in [9.17, 15) is 4.79 Å². The fourth-order valence-corrected chi connectivity index (χ4v) is 5.98. The van der Waals surface area contributed by atoms with Crippen molar-refractivity contribution in [1.29, 1.82) is 0 Å². The average Bonchev–Trinajstić information content (AvgIpc) is 3.49. The predicted octanol–water partition coefficient (Wildman–Crippen LogP) is 4.51. The van der Waals surface area contributed by atoms with Crippen molar-refractivity contribution < 1.29 is 4.79 Å². The number of aryl methyl sites for hydroxylation is 2. The molecule has 0 aromatic heterocycles. The number of benzene rings is 3. The van der Waals surface area contributed by atoms with E-state index in [1.165, 1.54) is 30.4 Å². The molecule has 1 fully saturated rings. The first-order valence-corrected chi connectivity index (χ1v) is 11.9. The SMILES string of the molecule is NC(=O)C(c1ccccc1)(c1ccccc1)[C@H]1CCN(CCc2ccc3c(c2)CCC3)C1. The summed E-state index contributed by atoms with van der Waals surface area (Å²) in [5, 5.41) is 0. The molecule has 0 radical (unpaired) electrons. The lowest BCUT2D eigenvalue weighted by molar-refractivity contribution is -0.123. The molecule has 3 aromatic rings. The monoisotopic (exact) mass is 424 g/mol. The van der Waals surface area contributed by atoms with Gasteiger partial charge in [0.2, 0.25) is 5.91 Å². The van der Waals surface area contributed by atoms with Gasteiger partial charge in [-0.25, -0.2) is 0 Å². The highest BCUT2D eigenvalue weighted by Crippen LogP contribution is 2.43. The summed E-state index contributed by atoms with van der Waals surface area (Å²) < 4.78 is 0. The number of likely N-dealkylation sites (tertiary alicyclic amines) is 1. The highest BCUT2D eigenvalue weighted by Gasteiger charge is 2.49. The Hall–Kier alpha value is -2.91. The minimum atomic E-state index is -0.801. The third-order valence-electron chi connectivity index (χ3n) is 7.61. The molecule has 32 heavy (non-hydrogen) atoms. The number of carbonyl (C=O) groups excluding carboxylic acids is 1. The van der Waals surface area contributed by atoms with Gasteiger partial charge >= 0.3 is 0 Å². The van der Waals surface area contributed by atoms with Crippen molar-refractivity contribution in [2.75, 3.05) is 19.6 Å². The maximum absolute atomic E-state index is 13.2. The van der Waals surface area contributed by atoms with Crippen LogP contribution in [0, 0.1) is 5.92 Å². The Labute approximate surface area is 191 Å². The van der Waals surface area contributed by atoms with Gasteiger partial charge in [0.05, 0.1) is 0 Å². The summed E-state index contributed by atoms with van der Waals surface area (Å²) in [4.78, 5) is 15.7. The van der Waals surface area contributed by atoms with Crippen LogP contribution in [-0.2, 0) is 29.5 Å². The molecule has 1 amide bonds. The van der Waals surface area contributed by atoms with E-state index in [0.717, 1.165) is 43.6 Å². The third kappa shape index (κ3) is 3.75. The lowest BCUT2D eigenvalue weighted by atomic mass is 9.64. The Morgan fingerprint density at radius 3 is 2.22 bits per heavy atom. The molecule has 2 N–H and O–H groups in total. The summed E-state index contributed by atoms with van der Waals surface area (Å²) in [5.41, 5.74) is 11.9. The molecule has 1 saturated heterocycles. The maximum Gasteiger partial charge on any atom is 0.232 e.